The van der Waals surface area contributed by atoms with Crippen LogP contribution in [0.2, 0.25) is 0 Å². The van der Waals surface area contributed by atoms with Gasteiger partial charge in [0.15, 0.2) is 11.5 Å². The molecule has 1 fully saturated rings. The summed E-state index contributed by atoms with van der Waals surface area (Å²) in [6.07, 6.45) is 10.2. The van der Waals surface area contributed by atoms with Crippen LogP contribution in [0.5, 0.6) is 11.5 Å². The highest BCUT2D eigenvalue weighted by atomic mass is 16.5. The lowest BCUT2D eigenvalue weighted by Gasteiger charge is -2.32. The standard InChI is InChI=1S/C28H38N6O2.CH4/c1-4-7-24(23-8-5-11-29-19-23)31-28-21-30-20-25(32-28)22-9-10-26(27(18-22)35-3)36-17-6-12-34-15-13-33(2)14-16-34;/h5,8-11,18-21,24H,4,6-7,12-17H2,1-3H3,(H,31,32);1H4. The first kappa shape index (κ1) is 28.3. The molecule has 0 aliphatic carbocycles. The highest BCUT2D eigenvalue weighted by Crippen LogP contribution is 2.32. The molecule has 1 saturated heterocycles. The number of nitrogens with zero attached hydrogens (tertiary/aromatic N) is 5. The van der Waals surface area contributed by atoms with E-state index in [2.05, 4.69) is 45.1 Å². The first-order valence-electron chi connectivity index (χ1n) is 12.9. The van der Waals surface area contributed by atoms with Gasteiger partial charge in [0, 0.05) is 50.7 Å². The molecular weight excluding hydrogens is 464 g/mol. The van der Waals surface area contributed by atoms with E-state index in [1.165, 1.54) is 0 Å². The van der Waals surface area contributed by atoms with Gasteiger partial charge in [0.25, 0.3) is 0 Å². The van der Waals surface area contributed by atoms with Crippen molar-refractivity contribution in [2.75, 3.05) is 58.8 Å². The van der Waals surface area contributed by atoms with Crippen molar-refractivity contribution in [3.8, 4) is 22.8 Å². The quantitative estimate of drug-likeness (QED) is 0.338. The first-order chi connectivity index (χ1) is 17.7. The predicted octanol–water partition coefficient (Wildman–Crippen LogP) is 5.15. The smallest absolute Gasteiger partial charge is 0.161 e. The molecule has 0 spiro atoms. The van der Waals surface area contributed by atoms with Crippen LogP contribution in [0.4, 0.5) is 5.82 Å². The predicted molar refractivity (Wildman–Crippen MR) is 150 cm³/mol. The maximum absolute atomic E-state index is 6.07. The number of piperazine rings is 1. The Morgan fingerprint density at radius 3 is 2.59 bits per heavy atom. The third kappa shape index (κ3) is 8.13. The minimum absolute atomic E-state index is 0. The lowest BCUT2D eigenvalue weighted by Crippen LogP contribution is -2.44. The van der Waals surface area contributed by atoms with Crippen molar-refractivity contribution in [3.05, 3.63) is 60.7 Å². The van der Waals surface area contributed by atoms with E-state index in [4.69, 9.17) is 14.5 Å². The number of benzene rings is 1. The molecule has 200 valence electrons. The van der Waals surface area contributed by atoms with Gasteiger partial charge in [-0.2, -0.15) is 0 Å². The van der Waals surface area contributed by atoms with Crippen LogP contribution in [0, 0.1) is 0 Å². The van der Waals surface area contributed by atoms with Gasteiger partial charge < -0.3 is 24.6 Å². The number of rotatable bonds is 12. The van der Waals surface area contributed by atoms with Gasteiger partial charge in [-0.05, 0) is 49.7 Å². The Bertz CT molecular complexity index is 1070. The molecule has 1 aliphatic rings. The topological polar surface area (TPSA) is 75.6 Å². The average molecular weight is 507 g/mol. The van der Waals surface area contributed by atoms with Crippen LogP contribution < -0.4 is 14.8 Å². The number of anilines is 1. The second-order valence-corrected chi connectivity index (χ2v) is 9.27. The molecule has 0 amide bonds. The van der Waals surface area contributed by atoms with Gasteiger partial charge in [0.05, 0.1) is 37.8 Å². The fourth-order valence-corrected chi connectivity index (χ4v) is 4.43. The molecule has 1 unspecified atom stereocenters. The van der Waals surface area contributed by atoms with Crippen molar-refractivity contribution in [2.24, 2.45) is 0 Å². The Balaban J connectivity index is 0.00000380. The van der Waals surface area contributed by atoms with Gasteiger partial charge in [-0.15, -0.1) is 0 Å². The fraction of sp³-hybridized carbons (Fsp3) is 0.483. The molecule has 2 aromatic heterocycles. The van der Waals surface area contributed by atoms with Gasteiger partial charge in [0.1, 0.15) is 5.82 Å². The van der Waals surface area contributed by atoms with Crippen molar-refractivity contribution in [2.45, 2.75) is 39.7 Å². The second kappa shape index (κ2) is 14.5. The molecule has 0 radical (unpaired) electrons. The van der Waals surface area contributed by atoms with E-state index < -0.39 is 0 Å². The fourth-order valence-electron chi connectivity index (χ4n) is 4.43. The lowest BCUT2D eigenvalue weighted by molar-refractivity contribution is 0.145. The second-order valence-electron chi connectivity index (χ2n) is 9.27. The number of hydrogen-bond acceptors (Lipinski definition) is 8. The number of pyridine rings is 1. The summed E-state index contributed by atoms with van der Waals surface area (Å²) in [4.78, 5) is 18.4. The highest BCUT2D eigenvalue weighted by Gasteiger charge is 2.15. The van der Waals surface area contributed by atoms with E-state index in [1.807, 2.05) is 30.5 Å². The monoisotopic (exact) mass is 506 g/mol. The zero-order valence-electron chi connectivity index (χ0n) is 21.7. The van der Waals surface area contributed by atoms with Gasteiger partial charge in [0.2, 0.25) is 0 Å². The average Bonchev–Trinajstić information content (AvgIpc) is 2.92. The number of hydrogen-bond donors (Lipinski definition) is 1. The van der Waals surface area contributed by atoms with E-state index >= 15 is 0 Å². The van der Waals surface area contributed by atoms with Crippen LogP contribution in [0.3, 0.4) is 0 Å². The SMILES string of the molecule is C.CCCC(Nc1cncc(-c2ccc(OCCCN3CCN(C)CC3)c(OC)c2)n1)c1cccnc1. The third-order valence-corrected chi connectivity index (χ3v) is 6.55. The Morgan fingerprint density at radius 1 is 1.03 bits per heavy atom. The number of likely N-dealkylation sites (N-methyl/N-ethyl adjacent to an activating group) is 1. The molecule has 37 heavy (non-hydrogen) atoms. The molecule has 0 bridgehead atoms. The number of nitrogens with one attached hydrogen (secondary N) is 1. The van der Waals surface area contributed by atoms with Crippen LogP contribution in [0.1, 0.15) is 45.2 Å². The van der Waals surface area contributed by atoms with Gasteiger partial charge in [-0.1, -0.05) is 26.8 Å². The highest BCUT2D eigenvalue weighted by molar-refractivity contribution is 5.64. The molecule has 3 heterocycles. The molecule has 4 rings (SSSR count). The maximum Gasteiger partial charge on any atom is 0.161 e. The minimum Gasteiger partial charge on any atom is -0.493 e. The first-order valence-corrected chi connectivity index (χ1v) is 12.9. The van der Waals surface area contributed by atoms with E-state index in [0.29, 0.717) is 12.4 Å². The lowest BCUT2D eigenvalue weighted by atomic mass is 10.0. The molecule has 1 atom stereocenters. The van der Waals surface area contributed by atoms with E-state index in [0.717, 1.165) is 80.4 Å². The van der Waals surface area contributed by atoms with Crippen molar-refractivity contribution in [1.29, 1.82) is 0 Å². The molecule has 8 nitrogen and oxygen atoms in total. The third-order valence-electron chi connectivity index (χ3n) is 6.55. The molecule has 1 aliphatic heterocycles. The summed E-state index contributed by atoms with van der Waals surface area (Å²) in [7, 11) is 3.85. The van der Waals surface area contributed by atoms with Crippen molar-refractivity contribution >= 4 is 5.82 Å². The summed E-state index contributed by atoms with van der Waals surface area (Å²) in [5, 5.41) is 3.53. The van der Waals surface area contributed by atoms with Gasteiger partial charge in [-0.25, -0.2) is 4.98 Å². The summed E-state index contributed by atoms with van der Waals surface area (Å²) in [6.45, 7) is 8.43. The Morgan fingerprint density at radius 2 is 1.86 bits per heavy atom. The van der Waals surface area contributed by atoms with Crippen LogP contribution in [0.25, 0.3) is 11.3 Å². The largest absolute Gasteiger partial charge is 0.493 e. The van der Waals surface area contributed by atoms with Crippen LogP contribution >= 0.6 is 0 Å². The summed E-state index contributed by atoms with van der Waals surface area (Å²) < 4.78 is 11.7. The van der Waals surface area contributed by atoms with Crippen molar-refractivity contribution in [3.63, 3.8) is 0 Å². The van der Waals surface area contributed by atoms with Crippen LogP contribution in [-0.2, 0) is 0 Å². The number of ether oxygens (including phenoxy) is 2. The van der Waals surface area contributed by atoms with Crippen LogP contribution in [0.15, 0.2) is 55.1 Å². The number of methoxy groups -OCH3 is 1. The molecular formula is C29H42N6O2. The van der Waals surface area contributed by atoms with Gasteiger partial charge >= 0.3 is 0 Å². The summed E-state index contributed by atoms with van der Waals surface area (Å²) in [6, 6.07) is 10.1. The van der Waals surface area contributed by atoms with Crippen molar-refractivity contribution < 1.29 is 9.47 Å². The molecule has 3 aromatic rings. The Labute approximate surface area is 222 Å². The van der Waals surface area contributed by atoms with E-state index in [1.54, 1.807) is 25.7 Å². The summed E-state index contributed by atoms with van der Waals surface area (Å²) in [5.74, 6) is 2.19. The van der Waals surface area contributed by atoms with Crippen molar-refractivity contribution in [1.82, 2.24) is 24.8 Å². The summed E-state index contributed by atoms with van der Waals surface area (Å²) >= 11 is 0. The zero-order valence-corrected chi connectivity index (χ0v) is 21.7. The minimum atomic E-state index is 0. The molecule has 1 aromatic carbocycles. The number of aromatic nitrogens is 3. The molecule has 8 heteroatoms. The molecule has 1 N–H and O–H groups in total. The maximum atomic E-state index is 6.07. The van der Waals surface area contributed by atoms with E-state index in [-0.39, 0.29) is 13.5 Å². The van der Waals surface area contributed by atoms with Gasteiger partial charge in [-0.3, -0.25) is 9.97 Å². The molecule has 0 saturated carbocycles. The summed E-state index contributed by atoms with van der Waals surface area (Å²) in [5.41, 5.74) is 2.85. The normalized spacial score (nSPS) is 15.0. The van der Waals surface area contributed by atoms with Crippen LogP contribution in [-0.4, -0.2) is 78.2 Å². The zero-order chi connectivity index (χ0) is 25.2. The van der Waals surface area contributed by atoms with E-state index in [9.17, 15) is 0 Å². The Hall–Kier alpha value is -3.23. The Kier molecular flexibility index (Phi) is 11.1.